The molecular weight excluding hydrogens is 365 g/mol. The number of thiophene rings is 1. The minimum atomic E-state index is -0.271. The molecule has 1 amide bonds. The third kappa shape index (κ3) is 4.11. The first-order chi connectivity index (χ1) is 13.2. The van der Waals surface area contributed by atoms with Gasteiger partial charge in [-0.2, -0.15) is 0 Å². The van der Waals surface area contributed by atoms with E-state index in [0.29, 0.717) is 31.1 Å². The van der Waals surface area contributed by atoms with E-state index in [1.165, 1.54) is 23.5 Å². The Hall–Kier alpha value is -2.86. The van der Waals surface area contributed by atoms with Crippen LogP contribution in [0.2, 0.25) is 0 Å². The van der Waals surface area contributed by atoms with Gasteiger partial charge in [0.05, 0.1) is 4.88 Å². The van der Waals surface area contributed by atoms with Crippen LogP contribution in [0.25, 0.3) is 10.4 Å². The number of ether oxygens (including phenoxy) is 2. The first kappa shape index (κ1) is 17.5. The molecule has 0 spiro atoms. The quantitative estimate of drug-likeness (QED) is 0.715. The molecule has 1 N–H and O–H groups in total. The highest BCUT2D eigenvalue weighted by atomic mass is 32.1. The summed E-state index contributed by atoms with van der Waals surface area (Å²) in [5.74, 6) is 1.14. The molecule has 4 rings (SSSR count). The molecule has 2 heterocycles. The molecule has 0 unspecified atom stereocenters. The van der Waals surface area contributed by atoms with Crippen molar-refractivity contribution in [2.24, 2.45) is 0 Å². The van der Waals surface area contributed by atoms with Crippen LogP contribution in [0.5, 0.6) is 11.5 Å². The summed E-state index contributed by atoms with van der Waals surface area (Å²) in [6.45, 7) is 1.66. The molecule has 0 fully saturated rings. The first-order valence-corrected chi connectivity index (χ1v) is 9.53. The van der Waals surface area contributed by atoms with Crippen LogP contribution in [0.3, 0.4) is 0 Å². The summed E-state index contributed by atoms with van der Waals surface area (Å²) in [7, 11) is 0. The molecule has 0 saturated heterocycles. The van der Waals surface area contributed by atoms with Crippen molar-refractivity contribution in [2.75, 3.05) is 19.8 Å². The maximum absolute atomic E-state index is 13.0. The number of amides is 1. The van der Waals surface area contributed by atoms with Crippen LogP contribution < -0.4 is 14.8 Å². The van der Waals surface area contributed by atoms with Gasteiger partial charge in [0.25, 0.3) is 5.91 Å². The van der Waals surface area contributed by atoms with E-state index in [1.807, 2.05) is 24.3 Å². The van der Waals surface area contributed by atoms with E-state index in [4.69, 9.17) is 9.47 Å². The number of halogens is 1. The molecule has 6 heteroatoms. The molecule has 4 nitrogen and oxygen atoms in total. The average Bonchev–Trinajstić information content (AvgIpc) is 3.19. The molecule has 2 aromatic carbocycles. The fraction of sp³-hybridized carbons (Fsp3) is 0.190. The number of benzene rings is 2. The Morgan fingerprint density at radius 2 is 1.78 bits per heavy atom. The van der Waals surface area contributed by atoms with E-state index in [0.717, 1.165) is 27.5 Å². The lowest BCUT2D eigenvalue weighted by atomic mass is 10.1. The Morgan fingerprint density at radius 3 is 2.59 bits per heavy atom. The van der Waals surface area contributed by atoms with E-state index < -0.39 is 0 Å². The van der Waals surface area contributed by atoms with Crippen LogP contribution in [0, 0.1) is 5.82 Å². The Kier molecular flexibility index (Phi) is 5.07. The van der Waals surface area contributed by atoms with E-state index in [2.05, 4.69) is 5.32 Å². The van der Waals surface area contributed by atoms with E-state index >= 15 is 0 Å². The second-order valence-electron chi connectivity index (χ2n) is 6.15. The van der Waals surface area contributed by atoms with Crippen LogP contribution in [0.1, 0.15) is 15.2 Å². The number of hydrogen-bond acceptors (Lipinski definition) is 4. The van der Waals surface area contributed by atoms with Gasteiger partial charge in [0.1, 0.15) is 19.0 Å². The zero-order valence-corrected chi connectivity index (χ0v) is 15.4. The van der Waals surface area contributed by atoms with Crippen LogP contribution in [0.4, 0.5) is 4.39 Å². The van der Waals surface area contributed by atoms with E-state index in [9.17, 15) is 9.18 Å². The van der Waals surface area contributed by atoms with Gasteiger partial charge in [0.15, 0.2) is 11.5 Å². The first-order valence-electron chi connectivity index (χ1n) is 8.71. The predicted molar refractivity (Wildman–Crippen MR) is 103 cm³/mol. The lowest BCUT2D eigenvalue weighted by molar-refractivity contribution is 0.0958. The lowest BCUT2D eigenvalue weighted by Crippen LogP contribution is -2.24. The number of nitrogens with one attached hydrogen (secondary N) is 1. The second-order valence-corrected chi connectivity index (χ2v) is 7.24. The minimum absolute atomic E-state index is 0.106. The van der Waals surface area contributed by atoms with Crippen LogP contribution >= 0.6 is 11.3 Å². The van der Waals surface area contributed by atoms with Gasteiger partial charge in [-0.15, -0.1) is 11.3 Å². The van der Waals surface area contributed by atoms with Gasteiger partial charge in [0.2, 0.25) is 0 Å². The monoisotopic (exact) mass is 383 g/mol. The molecule has 0 aliphatic carbocycles. The van der Waals surface area contributed by atoms with E-state index in [-0.39, 0.29) is 11.7 Å². The van der Waals surface area contributed by atoms with Crippen molar-refractivity contribution >= 4 is 17.2 Å². The molecule has 0 bridgehead atoms. The fourth-order valence-corrected chi connectivity index (χ4v) is 3.81. The van der Waals surface area contributed by atoms with Gasteiger partial charge in [-0.3, -0.25) is 4.79 Å². The molecule has 1 aromatic heterocycles. The standard InChI is InChI=1S/C21H18FNO3S/c22-16-4-2-15(3-5-16)19-7-8-20(27-19)21(24)23-10-9-14-1-6-17-18(13-14)26-12-11-25-17/h1-8,13H,9-12H2,(H,23,24). The smallest absolute Gasteiger partial charge is 0.261 e. The highest BCUT2D eigenvalue weighted by Crippen LogP contribution is 2.31. The maximum Gasteiger partial charge on any atom is 0.261 e. The zero-order chi connectivity index (χ0) is 18.6. The molecular formula is C21H18FNO3S. The molecule has 27 heavy (non-hydrogen) atoms. The second kappa shape index (κ2) is 7.80. The van der Waals surface area contributed by atoms with Gasteiger partial charge in [-0.05, 0) is 53.9 Å². The average molecular weight is 383 g/mol. The third-order valence-electron chi connectivity index (χ3n) is 4.26. The largest absolute Gasteiger partial charge is 0.486 e. The summed E-state index contributed by atoms with van der Waals surface area (Å²) in [5, 5.41) is 2.94. The van der Waals surface area contributed by atoms with Crippen molar-refractivity contribution in [3.8, 4) is 21.9 Å². The molecule has 1 aliphatic rings. The Morgan fingerprint density at radius 1 is 1.00 bits per heavy atom. The summed E-state index contributed by atoms with van der Waals surface area (Å²) in [6.07, 6.45) is 0.707. The number of carbonyl (C=O) groups is 1. The van der Waals surface area contributed by atoms with Crippen LogP contribution in [-0.4, -0.2) is 25.7 Å². The third-order valence-corrected chi connectivity index (χ3v) is 5.40. The maximum atomic E-state index is 13.0. The van der Waals surface area contributed by atoms with Crippen molar-refractivity contribution in [1.29, 1.82) is 0 Å². The van der Waals surface area contributed by atoms with Gasteiger partial charge in [-0.1, -0.05) is 18.2 Å². The van der Waals surface area contributed by atoms with Crippen molar-refractivity contribution in [2.45, 2.75) is 6.42 Å². The van der Waals surface area contributed by atoms with Crippen molar-refractivity contribution < 1.29 is 18.7 Å². The van der Waals surface area contributed by atoms with Crippen LogP contribution in [-0.2, 0) is 6.42 Å². The van der Waals surface area contributed by atoms with Crippen LogP contribution in [0.15, 0.2) is 54.6 Å². The van der Waals surface area contributed by atoms with Gasteiger partial charge >= 0.3 is 0 Å². The molecule has 1 aliphatic heterocycles. The van der Waals surface area contributed by atoms with Gasteiger partial charge in [0, 0.05) is 11.4 Å². The fourth-order valence-electron chi connectivity index (χ4n) is 2.88. The number of fused-ring (bicyclic) bond motifs is 1. The molecule has 0 saturated carbocycles. The molecule has 0 atom stereocenters. The molecule has 0 radical (unpaired) electrons. The Bertz CT molecular complexity index is 952. The SMILES string of the molecule is O=C(NCCc1ccc2c(c1)OCCO2)c1ccc(-c2ccc(F)cc2)s1. The highest BCUT2D eigenvalue weighted by molar-refractivity contribution is 7.17. The summed E-state index contributed by atoms with van der Waals surface area (Å²) in [4.78, 5) is 13.9. The number of carbonyl (C=O) groups excluding carboxylic acids is 1. The highest BCUT2D eigenvalue weighted by Gasteiger charge is 2.13. The summed E-state index contributed by atoms with van der Waals surface area (Å²) in [6, 6.07) is 15.8. The number of rotatable bonds is 5. The molecule has 3 aromatic rings. The zero-order valence-electron chi connectivity index (χ0n) is 14.5. The van der Waals surface area contributed by atoms with Crippen molar-refractivity contribution in [1.82, 2.24) is 5.32 Å². The topological polar surface area (TPSA) is 47.6 Å². The minimum Gasteiger partial charge on any atom is -0.486 e. The summed E-state index contributed by atoms with van der Waals surface area (Å²) in [5.41, 5.74) is 1.98. The lowest BCUT2D eigenvalue weighted by Gasteiger charge is -2.18. The summed E-state index contributed by atoms with van der Waals surface area (Å²) >= 11 is 1.39. The Labute approximate surface area is 160 Å². The predicted octanol–water partition coefficient (Wildman–Crippen LogP) is 4.30. The Balaban J connectivity index is 1.34. The van der Waals surface area contributed by atoms with E-state index in [1.54, 1.807) is 18.2 Å². The number of hydrogen-bond donors (Lipinski definition) is 1. The van der Waals surface area contributed by atoms with Crippen molar-refractivity contribution in [3.63, 3.8) is 0 Å². The summed E-state index contributed by atoms with van der Waals surface area (Å²) < 4.78 is 24.1. The normalized spacial score (nSPS) is 12.6. The van der Waals surface area contributed by atoms with Crippen molar-refractivity contribution in [3.05, 3.63) is 70.9 Å². The molecule has 138 valence electrons. The van der Waals surface area contributed by atoms with Gasteiger partial charge < -0.3 is 14.8 Å². The van der Waals surface area contributed by atoms with Gasteiger partial charge in [-0.25, -0.2) is 4.39 Å².